The molecule has 0 aliphatic carbocycles. The van der Waals surface area contributed by atoms with Crippen LogP contribution in [0.1, 0.15) is 70.9 Å². The molecule has 3 N–H and O–H groups in total. The number of carbonyl (C=O) groups excluding carboxylic acids is 2. The molecule has 1 unspecified atom stereocenters. The lowest BCUT2D eigenvalue weighted by Crippen LogP contribution is -2.58. The van der Waals surface area contributed by atoms with Crippen LogP contribution >= 0.6 is 0 Å². The molecule has 1 saturated heterocycles. The number of carbonyl (C=O) groups is 2. The van der Waals surface area contributed by atoms with Crippen LogP contribution in [0.25, 0.3) is 11.3 Å². The summed E-state index contributed by atoms with van der Waals surface area (Å²) in [6.45, 7) is 18.1. The minimum absolute atomic E-state index is 0.00610. The van der Waals surface area contributed by atoms with Gasteiger partial charge in [-0.2, -0.15) is 0 Å². The normalized spacial score (nSPS) is 18.6. The predicted octanol–water partition coefficient (Wildman–Crippen LogP) is 7.71. The molecule has 2 amide bonds. The maximum atomic E-state index is 14.9. The van der Waals surface area contributed by atoms with Crippen molar-refractivity contribution in [3.63, 3.8) is 0 Å². The quantitative estimate of drug-likeness (QED) is 0.196. The lowest BCUT2D eigenvalue weighted by Gasteiger charge is -2.48. The fourth-order valence-corrected chi connectivity index (χ4v) is 6.80. The summed E-state index contributed by atoms with van der Waals surface area (Å²) in [6, 6.07) is 5.71. The molecule has 0 radical (unpaired) electrons. The Kier molecular flexibility index (Phi) is 11.2. The van der Waals surface area contributed by atoms with E-state index in [2.05, 4.69) is 41.4 Å². The highest BCUT2D eigenvalue weighted by atomic mass is 28.4. The average molecular weight is 700 g/mol. The molecule has 3 heterocycles. The van der Waals surface area contributed by atoms with Crippen molar-refractivity contribution in [2.45, 2.75) is 91.1 Å². The molecule has 0 bridgehead atoms. The molecule has 3 aromatic rings. The third-order valence-electron chi connectivity index (χ3n) is 9.49. The number of rotatable bonds is 9. The van der Waals surface area contributed by atoms with Gasteiger partial charge in [-0.3, -0.25) is 9.78 Å². The Hall–Kier alpha value is -3.97. The summed E-state index contributed by atoms with van der Waals surface area (Å²) in [4.78, 5) is 47.9. The zero-order valence-electron chi connectivity index (χ0n) is 29.7. The monoisotopic (exact) mass is 699 g/mol. The number of nitrogens with one attached hydrogen (secondary N) is 2. The fraction of sp³-hybridized carbons (Fsp3) is 0.500. The molecule has 13 heteroatoms. The van der Waals surface area contributed by atoms with Crippen molar-refractivity contribution < 1.29 is 32.3 Å². The second-order valence-electron chi connectivity index (χ2n) is 15.1. The van der Waals surface area contributed by atoms with E-state index >= 15 is 0 Å². The second-order valence-corrected chi connectivity index (χ2v) is 19.6. The number of anilines is 2. The number of amides is 2. The van der Waals surface area contributed by atoms with Crippen LogP contribution in [-0.2, 0) is 11.2 Å². The minimum atomic E-state index is -2.57. The maximum Gasteiger partial charge on any atom is 0.407 e. The highest BCUT2D eigenvalue weighted by Crippen LogP contribution is 2.46. The molecule has 266 valence electrons. The summed E-state index contributed by atoms with van der Waals surface area (Å²) in [6.07, 6.45) is 3.57. The Morgan fingerprint density at radius 3 is 2.29 bits per heavy atom. The van der Waals surface area contributed by atoms with Gasteiger partial charge in [-0.05, 0) is 99.5 Å². The summed E-state index contributed by atoms with van der Waals surface area (Å²) >= 11 is 0. The van der Waals surface area contributed by atoms with E-state index in [1.54, 1.807) is 40.0 Å². The molecule has 1 fully saturated rings. The number of alkyl carbamates (subject to hydrolysis) is 1. The van der Waals surface area contributed by atoms with E-state index in [0.717, 1.165) is 24.3 Å². The first-order valence-corrected chi connectivity index (χ1v) is 19.5. The maximum absolute atomic E-state index is 14.9. The van der Waals surface area contributed by atoms with Crippen LogP contribution < -0.4 is 15.5 Å². The summed E-state index contributed by atoms with van der Waals surface area (Å²) in [5, 5.41) is 5.52. The zero-order valence-corrected chi connectivity index (χ0v) is 30.7. The van der Waals surface area contributed by atoms with Crippen LogP contribution in [-0.4, -0.2) is 59.8 Å². The first-order valence-electron chi connectivity index (χ1n) is 16.6. The number of piperidine rings is 1. The zero-order chi connectivity index (χ0) is 36.5. The number of hydrogen-bond acceptors (Lipinski definition) is 7. The van der Waals surface area contributed by atoms with Gasteiger partial charge >= 0.3 is 6.09 Å². The Bertz CT molecular complexity index is 1670. The molecule has 4 rings (SSSR count). The molecule has 1 aromatic carbocycles. The van der Waals surface area contributed by atoms with Crippen molar-refractivity contribution in [1.29, 1.82) is 0 Å². The standard InChI is InChI=1S/C36H48F3N5O4Si/c1-10-22-15-25(38)31(26(39)16-22)32-24(37)11-12-27(41-32)33(45)42-28-18-40-14-13-30(28)44-19-21(2)23(17-36(6,7)49(8,9)47)29(20-44)43-34(46)48-35(3,4)5/h11-16,18,21,23,29,47H,10,17,19-20H2,1-9H3,(H,42,45)(H,43,46)/t21-,23+,29?/m0/s1. The van der Waals surface area contributed by atoms with E-state index in [1.807, 2.05) is 18.0 Å². The van der Waals surface area contributed by atoms with Crippen molar-refractivity contribution in [3.8, 4) is 11.3 Å². The topological polar surface area (TPSA) is 117 Å². The van der Waals surface area contributed by atoms with E-state index < -0.39 is 54.6 Å². The van der Waals surface area contributed by atoms with Crippen LogP contribution in [0, 0.1) is 29.3 Å². The fourth-order valence-electron chi connectivity index (χ4n) is 6.06. The molecule has 2 aromatic heterocycles. The third-order valence-corrected chi connectivity index (χ3v) is 13.0. The van der Waals surface area contributed by atoms with Crippen molar-refractivity contribution in [2.24, 2.45) is 11.8 Å². The van der Waals surface area contributed by atoms with Gasteiger partial charge in [0.1, 0.15) is 34.4 Å². The molecule has 0 spiro atoms. The molecule has 0 saturated carbocycles. The van der Waals surface area contributed by atoms with Crippen LogP contribution in [0.5, 0.6) is 0 Å². The van der Waals surface area contributed by atoms with Crippen molar-refractivity contribution in [3.05, 3.63) is 71.4 Å². The number of nitrogens with zero attached hydrogens (tertiary/aromatic N) is 3. The van der Waals surface area contributed by atoms with E-state index in [1.165, 1.54) is 6.20 Å². The molecular formula is C36H48F3N5O4Si. The van der Waals surface area contributed by atoms with Gasteiger partial charge in [0.2, 0.25) is 0 Å². The predicted molar refractivity (Wildman–Crippen MR) is 187 cm³/mol. The molecule has 9 nitrogen and oxygen atoms in total. The SMILES string of the molecule is CCc1cc(F)c(-c2nc(C(=O)Nc3cnccc3N3CC(NC(=O)OC(C)(C)C)[C@H](CC(C)(C)[Si](C)(C)O)[C@@H](C)C3)ccc2F)c(F)c1. The summed E-state index contributed by atoms with van der Waals surface area (Å²) in [7, 11) is -2.57. The van der Waals surface area contributed by atoms with Gasteiger partial charge in [-0.1, -0.05) is 27.7 Å². The van der Waals surface area contributed by atoms with Gasteiger partial charge in [-0.25, -0.2) is 22.9 Å². The van der Waals surface area contributed by atoms with Crippen LogP contribution in [0.4, 0.5) is 29.3 Å². The summed E-state index contributed by atoms with van der Waals surface area (Å²) < 4.78 is 50.3. The number of halogens is 3. The number of ether oxygens (including phenoxy) is 1. The Labute approximate surface area is 287 Å². The van der Waals surface area contributed by atoms with Crippen molar-refractivity contribution in [1.82, 2.24) is 15.3 Å². The highest BCUT2D eigenvalue weighted by molar-refractivity contribution is 6.72. The van der Waals surface area contributed by atoms with Crippen LogP contribution in [0.2, 0.25) is 18.1 Å². The number of aromatic nitrogens is 2. The van der Waals surface area contributed by atoms with E-state index in [0.29, 0.717) is 42.9 Å². The summed E-state index contributed by atoms with van der Waals surface area (Å²) in [5.74, 6) is -3.61. The number of benzene rings is 1. The van der Waals surface area contributed by atoms with E-state index in [-0.39, 0.29) is 28.6 Å². The van der Waals surface area contributed by atoms with Crippen molar-refractivity contribution >= 4 is 31.7 Å². The number of hydrogen-bond donors (Lipinski definition) is 3. The molecule has 49 heavy (non-hydrogen) atoms. The Balaban J connectivity index is 1.63. The van der Waals surface area contributed by atoms with Gasteiger partial charge in [0.25, 0.3) is 5.91 Å². The van der Waals surface area contributed by atoms with Gasteiger partial charge < -0.3 is 25.1 Å². The third kappa shape index (κ3) is 8.99. The van der Waals surface area contributed by atoms with Crippen LogP contribution in [0.15, 0.2) is 42.7 Å². The molecular weight excluding hydrogens is 652 g/mol. The largest absolute Gasteiger partial charge is 0.444 e. The van der Waals surface area contributed by atoms with Gasteiger partial charge in [0.15, 0.2) is 8.32 Å². The number of pyridine rings is 2. The average Bonchev–Trinajstić information content (AvgIpc) is 2.97. The van der Waals surface area contributed by atoms with Crippen molar-refractivity contribution in [2.75, 3.05) is 23.3 Å². The number of aryl methyl sites for hydroxylation is 1. The Morgan fingerprint density at radius 1 is 1.04 bits per heavy atom. The second kappa shape index (κ2) is 14.5. The highest BCUT2D eigenvalue weighted by Gasteiger charge is 2.45. The molecule has 3 atom stereocenters. The Morgan fingerprint density at radius 2 is 1.69 bits per heavy atom. The van der Waals surface area contributed by atoms with Gasteiger partial charge in [-0.15, -0.1) is 0 Å². The first kappa shape index (κ1) is 37.8. The molecule has 1 aliphatic rings. The van der Waals surface area contributed by atoms with E-state index in [4.69, 9.17) is 4.74 Å². The van der Waals surface area contributed by atoms with Gasteiger partial charge in [0.05, 0.1) is 29.2 Å². The smallest absolute Gasteiger partial charge is 0.407 e. The minimum Gasteiger partial charge on any atom is -0.444 e. The lowest BCUT2D eigenvalue weighted by atomic mass is 9.77. The lowest BCUT2D eigenvalue weighted by molar-refractivity contribution is 0.0457. The first-order chi connectivity index (χ1) is 22.7. The van der Waals surface area contributed by atoms with Crippen LogP contribution in [0.3, 0.4) is 0 Å². The summed E-state index contributed by atoms with van der Waals surface area (Å²) in [5.41, 5.74) is -0.860. The van der Waals surface area contributed by atoms with Gasteiger partial charge in [0, 0.05) is 19.3 Å². The molecule has 1 aliphatic heterocycles. The van der Waals surface area contributed by atoms with E-state index in [9.17, 15) is 27.6 Å².